The standard InChI is InChI=1S/C25H49N2/c1-3-5-7-8-9-10-11-12-13-14-15-16-17-18-20-22-27-24-23-26(25-27)21-19-6-4-2/h23-25H,3-22H2,1-2H3/q+1. The van der Waals surface area contributed by atoms with Crippen LogP contribution in [0.4, 0.5) is 0 Å². The minimum absolute atomic E-state index is 1.18. The maximum Gasteiger partial charge on any atom is 0.243 e. The van der Waals surface area contributed by atoms with Gasteiger partial charge >= 0.3 is 0 Å². The molecule has 158 valence electrons. The average Bonchev–Trinajstić information content (AvgIpc) is 3.13. The Morgan fingerprint density at radius 3 is 1.52 bits per heavy atom. The number of aromatic nitrogens is 2. The van der Waals surface area contributed by atoms with Gasteiger partial charge in [0.1, 0.15) is 12.4 Å². The third-order valence-electron chi connectivity index (χ3n) is 5.79. The van der Waals surface area contributed by atoms with Gasteiger partial charge in [-0.3, -0.25) is 0 Å². The maximum atomic E-state index is 2.37. The summed E-state index contributed by atoms with van der Waals surface area (Å²) in [7, 11) is 0. The summed E-state index contributed by atoms with van der Waals surface area (Å²) in [5, 5.41) is 0. The summed E-state index contributed by atoms with van der Waals surface area (Å²) in [5.41, 5.74) is 0. The van der Waals surface area contributed by atoms with Crippen LogP contribution in [0.1, 0.15) is 129 Å². The van der Waals surface area contributed by atoms with Crippen LogP contribution in [0, 0.1) is 0 Å². The summed E-state index contributed by atoms with van der Waals surface area (Å²) in [6.07, 6.45) is 32.3. The Kier molecular flexibility index (Phi) is 16.7. The van der Waals surface area contributed by atoms with Crippen LogP contribution in [0.15, 0.2) is 18.7 Å². The molecule has 0 fully saturated rings. The fourth-order valence-electron chi connectivity index (χ4n) is 3.91. The zero-order valence-electron chi connectivity index (χ0n) is 18.8. The number of rotatable bonds is 20. The van der Waals surface area contributed by atoms with Crippen molar-refractivity contribution in [2.75, 3.05) is 0 Å². The van der Waals surface area contributed by atoms with Crippen LogP contribution in [0.5, 0.6) is 0 Å². The Morgan fingerprint density at radius 2 is 1.00 bits per heavy atom. The van der Waals surface area contributed by atoms with Crippen LogP contribution in [0.2, 0.25) is 0 Å². The van der Waals surface area contributed by atoms with Crippen molar-refractivity contribution in [1.29, 1.82) is 0 Å². The molecule has 0 aliphatic carbocycles. The predicted octanol–water partition coefficient (Wildman–Crippen LogP) is 7.84. The first-order valence-corrected chi connectivity index (χ1v) is 12.4. The fourth-order valence-corrected chi connectivity index (χ4v) is 3.91. The largest absolute Gasteiger partial charge is 0.243 e. The normalized spacial score (nSPS) is 11.3. The molecule has 0 spiro atoms. The summed E-state index contributed by atoms with van der Waals surface area (Å²) < 4.78 is 4.72. The van der Waals surface area contributed by atoms with Crippen molar-refractivity contribution >= 4 is 0 Å². The third kappa shape index (κ3) is 14.9. The highest BCUT2D eigenvalue weighted by Gasteiger charge is 2.03. The highest BCUT2D eigenvalue weighted by molar-refractivity contribution is 4.66. The smallest absolute Gasteiger partial charge is 0.237 e. The topological polar surface area (TPSA) is 8.81 Å². The molecular weight excluding hydrogens is 328 g/mol. The molecule has 0 atom stereocenters. The van der Waals surface area contributed by atoms with E-state index < -0.39 is 0 Å². The molecule has 27 heavy (non-hydrogen) atoms. The highest BCUT2D eigenvalue weighted by Crippen LogP contribution is 2.13. The molecule has 0 N–H and O–H groups in total. The molecule has 0 aliphatic heterocycles. The van der Waals surface area contributed by atoms with Gasteiger partial charge in [-0.2, -0.15) is 0 Å². The van der Waals surface area contributed by atoms with Gasteiger partial charge in [-0.25, -0.2) is 9.13 Å². The first-order valence-electron chi connectivity index (χ1n) is 12.4. The van der Waals surface area contributed by atoms with E-state index in [2.05, 4.69) is 41.7 Å². The Labute approximate surface area is 170 Å². The zero-order valence-corrected chi connectivity index (χ0v) is 18.8. The summed E-state index contributed by atoms with van der Waals surface area (Å²) in [6.45, 7) is 6.94. The molecule has 1 aromatic heterocycles. The Morgan fingerprint density at radius 1 is 0.556 bits per heavy atom. The van der Waals surface area contributed by atoms with E-state index in [1.807, 2.05) is 0 Å². The summed E-state index contributed by atoms with van der Waals surface area (Å²) in [5.74, 6) is 0. The van der Waals surface area contributed by atoms with E-state index in [9.17, 15) is 0 Å². The van der Waals surface area contributed by atoms with Crippen molar-refractivity contribution in [3.05, 3.63) is 18.7 Å². The quantitative estimate of drug-likeness (QED) is 0.162. The van der Waals surface area contributed by atoms with E-state index in [0.29, 0.717) is 0 Å². The van der Waals surface area contributed by atoms with Gasteiger partial charge < -0.3 is 0 Å². The number of aryl methyl sites for hydroxylation is 2. The van der Waals surface area contributed by atoms with Crippen molar-refractivity contribution in [1.82, 2.24) is 4.57 Å². The van der Waals surface area contributed by atoms with E-state index in [0.717, 1.165) is 0 Å². The summed E-state index contributed by atoms with van der Waals surface area (Å²) >= 11 is 0. The molecule has 0 bridgehead atoms. The molecule has 2 nitrogen and oxygen atoms in total. The first kappa shape index (κ1) is 24.2. The second-order valence-corrected chi connectivity index (χ2v) is 8.55. The minimum atomic E-state index is 1.18. The molecule has 0 unspecified atom stereocenters. The van der Waals surface area contributed by atoms with Crippen molar-refractivity contribution in [2.45, 2.75) is 143 Å². The molecule has 0 aromatic carbocycles. The van der Waals surface area contributed by atoms with Gasteiger partial charge in [-0.15, -0.1) is 0 Å². The zero-order chi connectivity index (χ0) is 19.4. The molecule has 1 aromatic rings. The number of imidazole rings is 1. The van der Waals surface area contributed by atoms with Gasteiger partial charge in [-0.05, 0) is 25.7 Å². The average molecular weight is 378 g/mol. The maximum absolute atomic E-state index is 2.37. The van der Waals surface area contributed by atoms with Crippen molar-refractivity contribution in [2.24, 2.45) is 0 Å². The SMILES string of the molecule is CCCCCCCCCCCCCCCCC[n+]1ccn(CCCCC)c1. The van der Waals surface area contributed by atoms with Crippen LogP contribution < -0.4 is 4.57 Å². The molecule has 0 amide bonds. The number of unbranched alkanes of at least 4 members (excludes halogenated alkanes) is 16. The lowest BCUT2D eigenvalue weighted by molar-refractivity contribution is -0.696. The van der Waals surface area contributed by atoms with Gasteiger partial charge in [0, 0.05) is 0 Å². The van der Waals surface area contributed by atoms with E-state index in [4.69, 9.17) is 0 Å². The molecule has 0 radical (unpaired) electrons. The molecule has 1 rings (SSSR count). The van der Waals surface area contributed by atoms with Crippen molar-refractivity contribution in [3.63, 3.8) is 0 Å². The van der Waals surface area contributed by atoms with Crippen molar-refractivity contribution < 1.29 is 4.57 Å². The number of nitrogens with zero attached hydrogens (tertiary/aromatic N) is 2. The molecular formula is C25H49N2+. The summed E-state index contributed by atoms with van der Waals surface area (Å²) in [4.78, 5) is 0. The van der Waals surface area contributed by atoms with E-state index >= 15 is 0 Å². The van der Waals surface area contributed by atoms with Gasteiger partial charge in [0.2, 0.25) is 6.33 Å². The molecule has 0 aliphatic rings. The number of hydrogen-bond acceptors (Lipinski definition) is 0. The lowest BCUT2D eigenvalue weighted by Crippen LogP contribution is -2.30. The second kappa shape index (κ2) is 18.6. The van der Waals surface area contributed by atoms with Crippen molar-refractivity contribution in [3.8, 4) is 0 Å². The lowest BCUT2D eigenvalue weighted by Gasteiger charge is -2.03. The predicted molar refractivity (Wildman–Crippen MR) is 119 cm³/mol. The van der Waals surface area contributed by atoms with Crippen LogP contribution in [-0.2, 0) is 13.1 Å². The third-order valence-corrected chi connectivity index (χ3v) is 5.79. The van der Waals surface area contributed by atoms with Gasteiger partial charge in [0.15, 0.2) is 0 Å². The van der Waals surface area contributed by atoms with E-state index in [1.165, 1.54) is 129 Å². The van der Waals surface area contributed by atoms with Crippen LogP contribution in [0.3, 0.4) is 0 Å². The van der Waals surface area contributed by atoms with Gasteiger partial charge in [-0.1, -0.05) is 104 Å². The van der Waals surface area contributed by atoms with E-state index in [-0.39, 0.29) is 0 Å². The van der Waals surface area contributed by atoms with Crippen LogP contribution in [0.25, 0.3) is 0 Å². The second-order valence-electron chi connectivity index (χ2n) is 8.55. The Bertz CT molecular complexity index is 410. The van der Waals surface area contributed by atoms with Gasteiger partial charge in [0.25, 0.3) is 0 Å². The highest BCUT2D eigenvalue weighted by atomic mass is 15.1. The lowest BCUT2D eigenvalue weighted by atomic mass is 10.0. The Hall–Kier alpha value is -0.790. The molecule has 0 saturated heterocycles. The number of hydrogen-bond donors (Lipinski definition) is 0. The molecule has 1 heterocycles. The first-order chi connectivity index (χ1) is 13.4. The van der Waals surface area contributed by atoms with Crippen LogP contribution >= 0.6 is 0 Å². The molecule has 0 saturated carbocycles. The molecule has 2 heteroatoms. The Balaban J connectivity index is 1.80. The monoisotopic (exact) mass is 377 g/mol. The fraction of sp³-hybridized carbons (Fsp3) is 0.880. The van der Waals surface area contributed by atoms with Crippen LogP contribution in [-0.4, -0.2) is 4.57 Å². The minimum Gasteiger partial charge on any atom is -0.237 e. The summed E-state index contributed by atoms with van der Waals surface area (Å²) in [6, 6.07) is 0. The van der Waals surface area contributed by atoms with Gasteiger partial charge in [0.05, 0.1) is 13.1 Å². The van der Waals surface area contributed by atoms with E-state index in [1.54, 1.807) is 0 Å².